The Kier molecular flexibility index (Phi) is 6.63. The molecule has 0 spiro atoms. The van der Waals surface area contributed by atoms with E-state index in [9.17, 15) is 9.59 Å². The Morgan fingerprint density at radius 1 is 0.879 bits per heavy atom. The zero-order valence-corrected chi connectivity index (χ0v) is 19.1. The molecule has 33 heavy (non-hydrogen) atoms. The van der Waals surface area contributed by atoms with E-state index in [1.807, 2.05) is 79.9 Å². The maximum atomic E-state index is 13.1. The number of rotatable bonds is 8. The number of benzene rings is 3. The lowest BCUT2D eigenvalue weighted by Gasteiger charge is -2.19. The van der Waals surface area contributed by atoms with Crippen LogP contribution in [0.3, 0.4) is 0 Å². The van der Waals surface area contributed by atoms with Crippen molar-refractivity contribution < 1.29 is 14.3 Å². The number of ether oxygens (including phenoxy) is 2. The van der Waals surface area contributed by atoms with Crippen LogP contribution >= 0.6 is 0 Å². The second kappa shape index (κ2) is 9.77. The average Bonchev–Trinajstić information content (AvgIpc) is 2.83. The zero-order valence-electron chi connectivity index (χ0n) is 19.1. The van der Waals surface area contributed by atoms with Crippen LogP contribution in [-0.4, -0.2) is 23.7 Å². The van der Waals surface area contributed by atoms with Gasteiger partial charge in [-0.2, -0.15) is 0 Å². The van der Waals surface area contributed by atoms with Gasteiger partial charge in [-0.1, -0.05) is 30.3 Å². The van der Waals surface area contributed by atoms with Gasteiger partial charge in [0.2, 0.25) is 5.91 Å². The minimum Gasteiger partial charge on any atom is -0.490 e. The molecule has 3 aromatic carbocycles. The fourth-order valence-corrected chi connectivity index (χ4v) is 4.10. The molecule has 1 aromatic heterocycles. The van der Waals surface area contributed by atoms with Crippen LogP contribution in [0.5, 0.6) is 11.5 Å². The highest BCUT2D eigenvalue weighted by atomic mass is 16.5. The third-order valence-electron chi connectivity index (χ3n) is 5.63. The topological polar surface area (TPSA) is 69.6 Å². The molecule has 1 atom stereocenters. The molecule has 4 rings (SSSR count). The summed E-state index contributed by atoms with van der Waals surface area (Å²) in [4.78, 5) is 26.0. The molecule has 0 saturated heterocycles. The molecule has 0 aliphatic carbocycles. The average molecular weight is 445 g/mol. The van der Waals surface area contributed by atoms with Crippen molar-refractivity contribution in [3.05, 3.63) is 82.5 Å². The number of fused-ring (bicyclic) bond motifs is 2. The van der Waals surface area contributed by atoms with Crippen LogP contribution < -0.4 is 20.2 Å². The van der Waals surface area contributed by atoms with E-state index < -0.39 is 0 Å². The van der Waals surface area contributed by atoms with Gasteiger partial charge in [0, 0.05) is 10.8 Å². The van der Waals surface area contributed by atoms with E-state index in [0.29, 0.717) is 35.5 Å². The van der Waals surface area contributed by atoms with E-state index >= 15 is 0 Å². The number of nitrogens with one attached hydrogen (secondary N) is 1. The van der Waals surface area contributed by atoms with Crippen LogP contribution in [0.25, 0.3) is 21.8 Å². The molecular weight excluding hydrogens is 416 g/mol. The molecular formula is C27H28N2O4. The number of carbonyl (C=O) groups excluding carboxylic acids is 1. The molecule has 1 N–H and O–H groups in total. The van der Waals surface area contributed by atoms with Crippen molar-refractivity contribution in [2.24, 2.45) is 0 Å². The first kappa shape index (κ1) is 22.4. The highest BCUT2D eigenvalue weighted by Gasteiger charge is 2.16. The quantitative estimate of drug-likeness (QED) is 0.395. The van der Waals surface area contributed by atoms with Crippen LogP contribution in [0.1, 0.15) is 32.4 Å². The van der Waals surface area contributed by atoms with Crippen molar-refractivity contribution in [3.63, 3.8) is 0 Å². The largest absolute Gasteiger partial charge is 0.490 e. The van der Waals surface area contributed by atoms with Gasteiger partial charge in [0.15, 0.2) is 16.9 Å². The summed E-state index contributed by atoms with van der Waals surface area (Å²) in [6.45, 7) is 6.96. The third-order valence-corrected chi connectivity index (χ3v) is 5.63. The van der Waals surface area contributed by atoms with Gasteiger partial charge in [-0.15, -0.1) is 0 Å². The van der Waals surface area contributed by atoms with Gasteiger partial charge in [-0.05, 0) is 62.7 Å². The standard InChI is InChI=1S/C27H28N2O4/c1-4-32-24-15-14-19(16-25(24)33-5-2)18(3)28-26(30)17-29-22-12-8-6-10-20(22)27(31)21-11-7-9-13-23(21)29/h6-16,18H,4-5,17H2,1-3H3,(H,28,30). The van der Waals surface area contributed by atoms with Crippen LogP contribution in [-0.2, 0) is 11.3 Å². The predicted octanol–water partition coefficient (Wildman–Crippen LogP) is 4.83. The number of nitrogens with zero attached hydrogens (tertiary/aromatic N) is 1. The first-order valence-electron chi connectivity index (χ1n) is 11.2. The van der Waals surface area contributed by atoms with Crippen molar-refractivity contribution in [2.75, 3.05) is 13.2 Å². The summed E-state index contributed by atoms with van der Waals surface area (Å²) >= 11 is 0. The summed E-state index contributed by atoms with van der Waals surface area (Å²) in [7, 11) is 0. The SMILES string of the molecule is CCOc1ccc(C(C)NC(=O)Cn2c3ccccc3c(=O)c3ccccc32)cc1OCC. The number of hydrogen-bond acceptors (Lipinski definition) is 4. The number of carbonyl (C=O) groups is 1. The first-order valence-corrected chi connectivity index (χ1v) is 11.2. The van der Waals surface area contributed by atoms with Crippen LogP contribution in [0, 0.1) is 0 Å². The summed E-state index contributed by atoms with van der Waals surface area (Å²) in [6, 6.07) is 20.3. The lowest BCUT2D eigenvalue weighted by Crippen LogP contribution is -2.30. The monoisotopic (exact) mass is 444 g/mol. The van der Waals surface area contributed by atoms with Crippen molar-refractivity contribution in [1.82, 2.24) is 9.88 Å². The highest BCUT2D eigenvalue weighted by molar-refractivity contribution is 5.94. The lowest BCUT2D eigenvalue weighted by atomic mass is 10.1. The number of pyridine rings is 1. The molecule has 1 amide bonds. The molecule has 170 valence electrons. The summed E-state index contributed by atoms with van der Waals surface area (Å²) in [6.07, 6.45) is 0. The molecule has 1 unspecified atom stereocenters. The molecule has 0 aliphatic rings. The molecule has 4 aromatic rings. The second-order valence-corrected chi connectivity index (χ2v) is 7.81. The van der Waals surface area contributed by atoms with Gasteiger partial charge in [-0.3, -0.25) is 9.59 Å². The van der Waals surface area contributed by atoms with E-state index in [1.54, 1.807) is 12.1 Å². The maximum absolute atomic E-state index is 13.1. The highest BCUT2D eigenvalue weighted by Crippen LogP contribution is 2.30. The van der Waals surface area contributed by atoms with Crippen LogP contribution in [0.2, 0.25) is 0 Å². The molecule has 6 nitrogen and oxygen atoms in total. The lowest BCUT2D eigenvalue weighted by molar-refractivity contribution is -0.122. The molecule has 0 bridgehead atoms. The molecule has 0 saturated carbocycles. The number of para-hydroxylation sites is 2. The van der Waals surface area contributed by atoms with E-state index in [2.05, 4.69) is 5.32 Å². The van der Waals surface area contributed by atoms with Gasteiger partial charge in [-0.25, -0.2) is 0 Å². The zero-order chi connectivity index (χ0) is 23.4. The van der Waals surface area contributed by atoms with E-state index in [-0.39, 0.29) is 23.9 Å². The molecule has 0 aliphatic heterocycles. The number of aromatic nitrogens is 1. The van der Waals surface area contributed by atoms with E-state index in [0.717, 1.165) is 16.6 Å². The Hall–Kier alpha value is -3.80. The smallest absolute Gasteiger partial charge is 0.240 e. The van der Waals surface area contributed by atoms with E-state index in [4.69, 9.17) is 9.47 Å². The Bertz CT molecular complexity index is 1300. The van der Waals surface area contributed by atoms with Gasteiger partial charge in [0.25, 0.3) is 0 Å². The second-order valence-electron chi connectivity index (χ2n) is 7.81. The molecule has 6 heteroatoms. The Morgan fingerprint density at radius 2 is 1.45 bits per heavy atom. The Morgan fingerprint density at radius 3 is 2.06 bits per heavy atom. The fraction of sp³-hybridized carbons (Fsp3) is 0.259. The summed E-state index contributed by atoms with van der Waals surface area (Å²) in [5.74, 6) is 1.21. The van der Waals surface area contributed by atoms with Gasteiger partial charge in [0.05, 0.1) is 30.3 Å². The maximum Gasteiger partial charge on any atom is 0.240 e. The number of amides is 1. The van der Waals surface area contributed by atoms with E-state index in [1.165, 1.54) is 0 Å². The minimum absolute atomic E-state index is 0.0240. The van der Waals surface area contributed by atoms with Crippen molar-refractivity contribution in [3.8, 4) is 11.5 Å². The normalized spacial score (nSPS) is 12.0. The van der Waals surface area contributed by atoms with Gasteiger partial charge in [0.1, 0.15) is 6.54 Å². The van der Waals surface area contributed by atoms with Gasteiger partial charge >= 0.3 is 0 Å². The molecule has 1 heterocycles. The third kappa shape index (κ3) is 4.55. The predicted molar refractivity (Wildman–Crippen MR) is 131 cm³/mol. The van der Waals surface area contributed by atoms with Crippen molar-refractivity contribution in [2.45, 2.75) is 33.4 Å². The molecule has 0 radical (unpaired) electrons. The van der Waals surface area contributed by atoms with Crippen LogP contribution in [0.4, 0.5) is 0 Å². The van der Waals surface area contributed by atoms with Gasteiger partial charge < -0.3 is 19.4 Å². The Labute approximate surface area is 192 Å². The minimum atomic E-state index is -0.232. The Balaban J connectivity index is 1.62. The summed E-state index contributed by atoms with van der Waals surface area (Å²) in [5.41, 5.74) is 2.38. The number of hydrogen-bond donors (Lipinski definition) is 1. The summed E-state index contributed by atoms with van der Waals surface area (Å²) in [5, 5.41) is 4.28. The fourth-order valence-electron chi connectivity index (χ4n) is 4.10. The molecule has 0 fully saturated rings. The first-order chi connectivity index (χ1) is 16.0. The van der Waals surface area contributed by atoms with Crippen LogP contribution in [0.15, 0.2) is 71.5 Å². The van der Waals surface area contributed by atoms with Crippen molar-refractivity contribution in [1.29, 1.82) is 0 Å². The van der Waals surface area contributed by atoms with Crippen molar-refractivity contribution >= 4 is 27.7 Å². The summed E-state index contributed by atoms with van der Waals surface area (Å²) < 4.78 is 13.3.